The van der Waals surface area contributed by atoms with Crippen molar-refractivity contribution in [2.45, 2.75) is 10.9 Å². The van der Waals surface area contributed by atoms with Crippen LogP contribution in [0.25, 0.3) is 0 Å². The van der Waals surface area contributed by atoms with E-state index in [1.54, 1.807) is 0 Å². The van der Waals surface area contributed by atoms with Crippen molar-refractivity contribution in [3.8, 4) is 5.75 Å². The number of rotatable bonds is 8. The molecule has 0 aliphatic carbocycles. The molecule has 0 saturated carbocycles. The summed E-state index contributed by atoms with van der Waals surface area (Å²) in [5, 5.41) is 20.1. The van der Waals surface area contributed by atoms with Crippen LogP contribution in [-0.2, 0) is 14.8 Å². The minimum absolute atomic E-state index is 0.0698. The number of nitrogens with one attached hydrogen (secondary N) is 1. The summed E-state index contributed by atoms with van der Waals surface area (Å²) in [5.74, 6) is 0.163. The molecule has 10 heteroatoms. The van der Waals surface area contributed by atoms with E-state index in [2.05, 4.69) is 4.72 Å². The third kappa shape index (κ3) is 4.36. The van der Waals surface area contributed by atoms with Crippen LogP contribution in [0.2, 0.25) is 0 Å². The van der Waals surface area contributed by atoms with Gasteiger partial charge in [0.2, 0.25) is 10.0 Å². The Morgan fingerprint density at radius 3 is 2.57 bits per heavy atom. The number of hydrogen-bond donors (Lipinski definition) is 2. The molecule has 0 bridgehead atoms. The first-order valence-electron chi connectivity index (χ1n) is 5.80. The summed E-state index contributed by atoms with van der Waals surface area (Å²) in [4.78, 5) is 9.67. The van der Waals surface area contributed by atoms with Crippen LogP contribution in [0.5, 0.6) is 5.75 Å². The monoisotopic (exact) mass is 320 g/mol. The van der Waals surface area contributed by atoms with Crippen molar-refractivity contribution in [2.24, 2.45) is 0 Å². The molecule has 0 amide bonds. The lowest BCUT2D eigenvalue weighted by molar-refractivity contribution is -0.387. The zero-order valence-electron chi connectivity index (χ0n) is 11.5. The lowest BCUT2D eigenvalue weighted by Crippen LogP contribution is -2.40. The van der Waals surface area contributed by atoms with Gasteiger partial charge in [-0.3, -0.25) is 10.1 Å². The first kappa shape index (κ1) is 17.3. The molecule has 0 spiro atoms. The van der Waals surface area contributed by atoms with Crippen molar-refractivity contribution in [2.75, 3.05) is 27.4 Å². The second kappa shape index (κ2) is 7.31. The SMILES string of the molecule is COCC(CO)NS(=O)(=O)c1ccc(OC)cc1[N+](=O)[O-]. The fourth-order valence-electron chi connectivity index (χ4n) is 1.60. The molecule has 0 aromatic heterocycles. The lowest BCUT2D eigenvalue weighted by atomic mass is 10.3. The number of benzene rings is 1. The third-order valence-electron chi connectivity index (χ3n) is 2.56. The van der Waals surface area contributed by atoms with Gasteiger partial charge in [-0.15, -0.1) is 0 Å². The van der Waals surface area contributed by atoms with Gasteiger partial charge in [-0.25, -0.2) is 13.1 Å². The molecule has 2 N–H and O–H groups in total. The maximum Gasteiger partial charge on any atom is 0.293 e. The molecule has 1 atom stereocenters. The second-order valence-corrected chi connectivity index (χ2v) is 5.73. The van der Waals surface area contributed by atoms with Crippen LogP contribution in [-0.4, -0.2) is 51.9 Å². The number of nitro benzene ring substituents is 1. The molecule has 1 aromatic rings. The van der Waals surface area contributed by atoms with Crippen LogP contribution in [0.3, 0.4) is 0 Å². The van der Waals surface area contributed by atoms with Crippen LogP contribution in [0.4, 0.5) is 5.69 Å². The summed E-state index contributed by atoms with van der Waals surface area (Å²) >= 11 is 0. The highest BCUT2D eigenvalue weighted by Gasteiger charge is 2.28. The molecule has 1 rings (SSSR count). The predicted molar refractivity (Wildman–Crippen MR) is 72.7 cm³/mol. The van der Waals surface area contributed by atoms with Gasteiger partial charge in [0.05, 0.1) is 37.4 Å². The molecule has 118 valence electrons. The number of hydrogen-bond acceptors (Lipinski definition) is 7. The molecule has 1 unspecified atom stereocenters. The van der Waals surface area contributed by atoms with E-state index >= 15 is 0 Å². The van der Waals surface area contributed by atoms with Gasteiger partial charge in [0, 0.05) is 7.11 Å². The molecule has 9 nitrogen and oxygen atoms in total. The van der Waals surface area contributed by atoms with Crippen molar-refractivity contribution in [1.29, 1.82) is 0 Å². The smallest absolute Gasteiger partial charge is 0.293 e. The lowest BCUT2D eigenvalue weighted by Gasteiger charge is -2.15. The molecule has 0 aliphatic rings. The fourth-order valence-corrected chi connectivity index (χ4v) is 2.97. The van der Waals surface area contributed by atoms with Crippen LogP contribution < -0.4 is 9.46 Å². The van der Waals surface area contributed by atoms with E-state index in [-0.39, 0.29) is 12.4 Å². The zero-order chi connectivity index (χ0) is 16.0. The Balaban J connectivity index is 3.21. The van der Waals surface area contributed by atoms with Gasteiger partial charge in [-0.2, -0.15) is 0 Å². The number of aliphatic hydroxyl groups is 1. The Bertz CT molecular complexity index is 603. The van der Waals surface area contributed by atoms with Crippen molar-refractivity contribution in [3.05, 3.63) is 28.3 Å². The molecule has 0 fully saturated rings. The first-order chi connectivity index (χ1) is 9.85. The summed E-state index contributed by atoms with van der Waals surface area (Å²) in [6.45, 7) is -0.573. The van der Waals surface area contributed by atoms with E-state index in [1.807, 2.05) is 0 Å². The number of nitrogens with zero attached hydrogens (tertiary/aromatic N) is 1. The highest BCUT2D eigenvalue weighted by molar-refractivity contribution is 7.89. The van der Waals surface area contributed by atoms with Gasteiger partial charge in [0.25, 0.3) is 5.69 Å². The highest BCUT2D eigenvalue weighted by atomic mass is 32.2. The van der Waals surface area contributed by atoms with Crippen molar-refractivity contribution in [3.63, 3.8) is 0 Å². The topological polar surface area (TPSA) is 128 Å². The summed E-state index contributed by atoms with van der Waals surface area (Å²) in [7, 11) is -1.53. The van der Waals surface area contributed by atoms with Gasteiger partial charge in [-0.1, -0.05) is 0 Å². The van der Waals surface area contributed by atoms with E-state index in [9.17, 15) is 18.5 Å². The molecule has 0 radical (unpaired) electrons. The zero-order valence-corrected chi connectivity index (χ0v) is 12.3. The molecule has 1 aromatic carbocycles. The van der Waals surface area contributed by atoms with Gasteiger partial charge in [-0.05, 0) is 12.1 Å². The maximum atomic E-state index is 12.2. The summed E-state index contributed by atoms with van der Waals surface area (Å²) < 4.78 is 36.1. The fraction of sp³-hybridized carbons (Fsp3) is 0.455. The predicted octanol–water partition coefficient (Wildman–Crippen LogP) is -0.111. The Labute approximate surface area is 121 Å². The minimum atomic E-state index is -4.18. The quantitative estimate of drug-likeness (QED) is 0.505. The Kier molecular flexibility index (Phi) is 6.03. The van der Waals surface area contributed by atoms with Gasteiger partial charge in [0.1, 0.15) is 5.75 Å². The van der Waals surface area contributed by atoms with Gasteiger partial charge >= 0.3 is 0 Å². The first-order valence-corrected chi connectivity index (χ1v) is 7.28. The molecule has 0 heterocycles. The number of sulfonamides is 1. The van der Waals surface area contributed by atoms with Gasteiger partial charge < -0.3 is 14.6 Å². The third-order valence-corrected chi connectivity index (χ3v) is 4.13. The van der Waals surface area contributed by atoms with E-state index < -0.39 is 38.2 Å². The average molecular weight is 320 g/mol. The van der Waals surface area contributed by atoms with Crippen LogP contribution >= 0.6 is 0 Å². The standard InChI is InChI=1S/C11H16N2O7S/c1-19-7-8(6-14)12-21(17,18)11-4-3-9(20-2)5-10(11)13(15)16/h3-5,8,12,14H,6-7H2,1-2H3. The summed E-state index contributed by atoms with van der Waals surface area (Å²) in [6.07, 6.45) is 0. The number of nitro groups is 1. The number of aliphatic hydroxyl groups excluding tert-OH is 1. The van der Waals surface area contributed by atoms with E-state index in [4.69, 9.17) is 14.6 Å². The molecular formula is C11H16N2O7S. The van der Waals surface area contributed by atoms with Crippen LogP contribution in [0.1, 0.15) is 0 Å². The normalized spacial score (nSPS) is 12.9. The minimum Gasteiger partial charge on any atom is -0.497 e. The molecule has 0 saturated heterocycles. The second-order valence-electron chi connectivity index (χ2n) is 4.05. The van der Waals surface area contributed by atoms with Crippen molar-refractivity contribution < 1.29 is 27.9 Å². The number of ether oxygens (including phenoxy) is 2. The van der Waals surface area contributed by atoms with E-state index in [0.29, 0.717) is 0 Å². The van der Waals surface area contributed by atoms with Crippen molar-refractivity contribution >= 4 is 15.7 Å². The number of methoxy groups -OCH3 is 2. The highest BCUT2D eigenvalue weighted by Crippen LogP contribution is 2.28. The average Bonchev–Trinajstić information content (AvgIpc) is 2.45. The molecule has 0 aliphatic heterocycles. The molecular weight excluding hydrogens is 304 g/mol. The Morgan fingerprint density at radius 2 is 2.10 bits per heavy atom. The van der Waals surface area contributed by atoms with E-state index in [0.717, 1.165) is 12.1 Å². The Hall–Kier alpha value is -1.75. The largest absolute Gasteiger partial charge is 0.497 e. The summed E-state index contributed by atoms with van der Waals surface area (Å²) in [6, 6.07) is 2.48. The van der Waals surface area contributed by atoms with E-state index in [1.165, 1.54) is 20.3 Å². The van der Waals surface area contributed by atoms with Crippen LogP contribution in [0.15, 0.2) is 23.1 Å². The maximum absolute atomic E-state index is 12.2. The Morgan fingerprint density at radius 1 is 1.43 bits per heavy atom. The van der Waals surface area contributed by atoms with Crippen LogP contribution in [0, 0.1) is 10.1 Å². The van der Waals surface area contributed by atoms with Gasteiger partial charge in [0.15, 0.2) is 4.90 Å². The molecule has 21 heavy (non-hydrogen) atoms. The van der Waals surface area contributed by atoms with Crippen molar-refractivity contribution in [1.82, 2.24) is 4.72 Å². The summed E-state index contributed by atoms with van der Waals surface area (Å²) in [5.41, 5.74) is -0.615.